The number of pyridine rings is 1. The Bertz CT molecular complexity index is 731. The second kappa shape index (κ2) is 8.29. The summed E-state index contributed by atoms with van der Waals surface area (Å²) in [5.74, 6) is -0.206. The third kappa shape index (κ3) is 5.30. The highest BCUT2D eigenvalue weighted by atomic mass is 16.6. The number of carbonyl (C=O) groups excluding carboxylic acids is 3. The Morgan fingerprint density at radius 1 is 1.21 bits per heavy atom. The van der Waals surface area contributed by atoms with Crippen molar-refractivity contribution in [1.82, 2.24) is 15.2 Å². The lowest BCUT2D eigenvalue weighted by Gasteiger charge is -2.33. The number of hydrogen-bond acceptors (Lipinski definition) is 5. The molecule has 0 aliphatic carbocycles. The van der Waals surface area contributed by atoms with Gasteiger partial charge in [0.2, 0.25) is 11.8 Å². The Morgan fingerprint density at radius 3 is 2.50 bits per heavy atom. The Kier molecular flexibility index (Phi) is 6.01. The summed E-state index contributed by atoms with van der Waals surface area (Å²) in [6, 6.07) is 4.04. The Morgan fingerprint density at radius 2 is 1.93 bits per heavy atom. The van der Waals surface area contributed by atoms with E-state index in [4.69, 9.17) is 4.74 Å². The molecule has 1 N–H and O–H groups in total. The molecule has 1 aromatic rings. The first-order chi connectivity index (χ1) is 13.2. The smallest absolute Gasteiger partial charge is 0.410 e. The topological polar surface area (TPSA) is 88.6 Å². The van der Waals surface area contributed by atoms with Crippen molar-refractivity contribution in [3.8, 4) is 0 Å². The van der Waals surface area contributed by atoms with E-state index in [0.717, 1.165) is 24.1 Å². The maximum absolute atomic E-state index is 12.2. The van der Waals surface area contributed by atoms with Crippen molar-refractivity contribution >= 4 is 17.9 Å². The van der Waals surface area contributed by atoms with Crippen molar-refractivity contribution in [2.75, 3.05) is 13.1 Å². The van der Waals surface area contributed by atoms with Crippen LogP contribution in [0.2, 0.25) is 0 Å². The van der Waals surface area contributed by atoms with Crippen LogP contribution in [0.5, 0.6) is 0 Å². The molecule has 0 spiro atoms. The van der Waals surface area contributed by atoms with E-state index in [9.17, 15) is 14.4 Å². The summed E-state index contributed by atoms with van der Waals surface area (Å²) in [7, 11) is 0. The zero-order valence-electron chi connectivity index (χ0n) is 16.9. The molecule has 3 amide bonds. The van der Waals surface area contributed by atoms with Crippen molar-refractivity contribution in [3.63, 3.8) is 0 Å². The lowest BCUT2D eigenvalue weighted by atomic mass is 9.89. The van der Waals surface area contributed by atoms with Crippen molar-refractivity contribution in [2.45, 2.75) is 64.4 Å². The summed E-state index contributed by atoms with van der Waals surface area (Å²) in [6.45, 7) is 6.98. The van der Waals surface area contributed by atoms with Gasteiger partial charge in [-0.3, -0.25) is 19.9 Å². The normalized spacial score (nSPS) is 21.4. The summed E-state index contributed by atoms with van der Waals surface area (Å²) in [6.07, 6.45) is 4.93. The number of ether oxygens (including phenoxy) is 1. The summed E-state index contributed by atoms with van der Waals surface area (Å²) in [4.78, 5) is 41.6. The van der Waals surface area contributed by atoms with Gasteiger partial charge in [0.05, 0.1) is 0 Å². The number of amides is 3. The number of piperidine rings is 2. The predicted octanol–water partition coefficient (Wildman–Crippen LogP) is 2.79. The summed E-state index contributed by atoms with van der Waals surface area (Å²) < 4.78 is 5.44. The summed E-state index contributed by atoms with van der Waals surface area (Å²) in [5, 5.41) is 2.39. The molecule has 2 fully saturated rings. The van der Waals surface area contributed by atoms with Crippen LogP contribution in [-0.2, 0) is 20.7 Å². The van der Waals surface area contributed by atoms with Gasteiger partial charge in [-0.1, -0.05) is 6.07 Å². The molecule has 2 aliphatic rings. The van der Waals surface area contributed by atoms with Crippen molar-refractivity contribution in [1.29, 1.82) is 0 Å². The van der Waals surface area contributed by atoms with Crippen LogP contribution in [-0.4, -0.2) is 46.5 Å². The van der Waals surface area contributed by atoms with Crippen molar-refractivity contribution in [3.05, 3.63) is 29.6 Å². The second-order valence-corrected chi connectivity index (χ2v) is 8.68. The lowest BCUT2D eigenvalue weighted by molar-refractivity contribution is -0.136. The van der Waals surface area contributed by atoms with Crippen molar-refractivity contribution < 1.29 is 19.1 Å². The van der Waals surface area contributed by atoms with Crippen LogP contribution in [0.25, 0.3) is 0 Å². The predicted molar refractivity (Wildman–Crippen MR) is 104 cm³/mol. The van der Waals surface area contributed by atoms with E-state index in [1.54, 1.807) is 4.90 Å². The first kappa shape index (κ1) is 20.3. The molecule has 7 nitrogen and oxygen atoms in total. The Hall–Kier alpha value is -2.44. The quantitative estimate of drug-likeness (QED) is 0.806. The van der Waals surface area contributed by atoms with Gasteiger partial charge in [0.1, 0.15) is 5.60 Å². The molecule has 2 saturated heterocycles. The Balaban J connectivity index is 1.51. The minimum atomic E-state index is -0.476. The van der Waals surface area contributed by atoms with E-state index in [-0.39, 0.29) is 23.8 Å². The molecule has 1 aromatic heterocycles. The van der Waals surface area contributed by atoms with Gasteiger partial charge in [-0.05, 0) is 57.6 Å². The molecule has 28 heavy (non-hydrogen) atoms. The van der Waals surface area contributed by atoms with Crippen LogP contribution in [0.1, 0.15) is 63.6 Å². The van der Waals surface area contributed by atoms with Crippen LogP contribution in [0, 0.1) is 5.92 Å². The number of likely N-dealkylation sites (tertiary alicyclic amines) is 1. The van der Waals surface area contributed by atoms with Crippen LogP contribution in [0.15, 0.2) is 18.3 Å². The fourth-order valence-corrected chi connectivity index (χ4v) is 3.71. The SMILES string of the molecule is CC(C)(C)OC(=O)N1CCC(c2ccc(CC3CCC(=O)NC3=O)nc2)CC1. The largest absolute Gasteiger partial charge is 0.444 e. The van der Waals surface area contributed by atoms with E-state index in [2.05, 4.69) is 16.4 Å². The fourth-order valence-electron chi connectivity index (χ4n) is 3.71. The van der Waals surface area contributed by atoms with Gasteiger partial charge in [-0.15, -0.1) is 0 Å². The molecule has 0 bridgehead atoms. The number of nitrogens with zero attached hydrogens (tertiary/aromatic N) is 2. The first-order valence-electron chi connectivity index (χ1n) is 9.98. The zero-order valence-corrected chi connectivity index (χ0v) is 16.9. The average molecular weight is 387 g/mol. The molecule has 1 unspecified atom stereocenters. The highest BCUT2D eigenvalue weighted by Crippen LogP contribution is 2.29. The molecule has 1 atom stereocenters. The number of imide groups is 1. The number of rotatable bonds is 3. The zero-order chi connectivity index (χ0) is 20.3. The molecule has 0 radical (unpaired) electrons. The van der Waals surface area contributed by atoms with Gasteiger partial charge in [-0.25, -0.2) is 4.79 Å². The van der Waals surface area contributed by atoms with E-state index in [1.165, 1.54) is 0 Å². The molecular formula is C21H29N3O4. The molecular weight excluding hydrogens is 358 g/mol. The molecule has 0 saturated carbocycles. The number of nitrogens with one attached hydrogen (secondary N) is 1. The van der Waals surface area contributed by atoms with E-state index < -0.39 is 5.60 Å². The second-order valence-electron chi connectivity index (χ2n) is 8.68. The third-order valence-electron chi connectivity index (χ3n) is 5.27. The van der Waals surface area contributed by atoms with E-state index in [0.29, 0.717) is 38.3 Å². The fraction of sp³-hybridized carbons (Fsp3) is 0.619. The van der Waals surface area contributed by atoms with Crippen LogP contribution < -0.4 is 5.32 Å². The monoisotopic (exact) mass is 387 g/mol. The molecule has 3 rings (SSSR count). The number of aromatic nitrogens is 1. The molecule has 3 heterocycles. The maximum Gasteiger partial charge on any atom is 0.410 e. The van der Waals surface area contributed by atoms with Crippen LogP contribution in [0.4, 0.5) is 4.79 Å². The summed E-state index contributed by atoms with van der Waals surface area (Å²) >= 11 is 0. The average Bonchev–Trinajstić information content (AvgIpc) is 2.63. The first-order valence-corrected chi connectivity index (χ1v) is 9.98. The maximum atomic E-state index is 12.2. The number of carbonyl (C=O) groups is 3. The van der Waals surface area contributed by atoms with Gasteiger partial charge in [0, 0.05) is 43.7 Å². The van der Waals surface area contributed by atoms with Gasteiger partial charge in [0.15, 0.2) is 0 Å². The minimum Gasteiger partial charge on any atom is -0.444 e. The third-order valence-corrected chi connectivity index (χ3v) is 5.27. The Labute approximate surface area is 165 Å². The molecule has 0 aromatic carbocycles. The summed E-state index contributed by atoms with van der Waals surface area (Å²) in [5.41, 5.74) is 1.55. The van der Waals surface area contributed by atoms with Gasteiger partial charge in [0.25, 0.3) is 0 Å². The van der Waals surface area contributed by atoms with E-state index in [1.807, 2.05) is 33.0 Å². The molecule has 152 valence electrons. The van der Waals surface area contributed by atoms with Crippen molar-refractivity contribution in [2.24, 2.45) is 5.92 Å². The number of hydrogen-bond donors (Lipinski definition) is 1. The van der Waals surface area contributed by atoms with Crippen LogP contribution >= 0.6 is 0 Å². The van der Waals surface area contributed by atoms with Gasteiger partial charge in [-0.2, -0.15) is 0 Å². The lowest BCUT2D eigenvalue weighted by Crippen LogP contribution is -2.41. The van der Waals surface area contributed by atoms with Gasteiger partial charge < -0.3 is 9.64 Å². The minimum absolute atomic E-state index is 0.187. The molecule has 7 heteroatoms. The molecule has 2 aliphatic heterocycles. The highest BCUT2D eigenvalue weighted by molar-refractivity contribution is 5.98. The van der Waals surface area contributed by atoms with E-state index >= 15 is 0 Å². The van der Waals surface area contributed by atoms with Gasteiger partial charge >= 0.3 is 6.09 Å². The van der Waals surface area contributed by atoms with Crippen LogP contribution in [0.3, 0.4) is 0 Å². The standard InChI is InChI=1S/C21H29N3O4/c1-21(2,3)28-20(27)24-10-8-14(9-11-24)16-4-6-17(22-13-16)12-15-5-7-18(25)23-19(15)26/h4,6,13-15H,5,7-12H2,1-3H3,(H,23,25,26). The highest BCUT2D eigenvalue weighted by Gasteiger charge is 2.29.